The van der Waals surface area contributed by atoms with Crippen LogP contribution in [0.15, 0.2) is 4.99 Å². The molecule has 0 aromatic heterocycles. The standard InChI is InChI=1S/C11H18N2O2/c1-3-4-9-10(15-7(2)12-9)11(14)13-8-5-6-8/h8-10H,3-6H2,1-2H3,(H,13,14)/t9-,10-/m0/s1. The van der Waals surface area contributed by atoms with Gasteiger partial charge in [-0.15, -0.1) is 0 Å². The summed E-state index contributed by atoms with van der Waals surface area (Å²) in [7, 11) is 0. The first-order chi connectivity index (χ1) is 7.20. The number of ether oxygens (including phenoxy) is 1. The summed E-state index contributed by atoms with van der Waals surface area (Å²) in [6, 6.07) is 0.415. The predicted molar refractivity (Wildman–Crippen MR) is 57.8 cm³/mol. The molecular formula is C11H18N2O2. The summed E-state index contributed by atoms with van der Waals surface area (Å²) in [5, 5.41) is 2.97. The lowest BCUT2D eigenvalue weighted by Gasteiger charge is -2.16. The Balaban J connectivity index is 1.92. The van der Waals surface area contributed by atoms with E-state index in [4.69, 9.17) is 4.74 Å². The molecule has 15 heavy (non-hydrogen) atoms. The summed E-state index contributed by atoms with van der Waals surface area (Å²) in [4.78, 5) is 16.2. The number of hydrogen-bond acceptors (Lipinski definition) is 3. The van der Waals surface area contributed by atoms with E-state index in [0.29, 0.717) is 11.9 Å². The lowest BCUT2D eigenvalue weighted by Crippen LogP contribution is -2.41. The number of nitrogens with one attached hydrogen (secondary N) is 1. The minimum absolute atomic E-state index is 0.0107. The van der Waals surface area contributed by atoms with Gasteiger partial charge in [0.1, 0.15) is 0 Å². The van der Waals surface area contributed by atoms with Crippen LogP contribution < -0.4 is 5.32 Å². The number of aliphatic imine (C=N–C) groups is 1. The molecular weight excluding hydrogens is 192 g/mol. The maximum absolute atomic E-state index is 11.8. The van der Waals surface area contributed by atoms with Crippen molar-refractivity contribution in [3.8, 4) is 0 Å². The highest BCUT2D eigenvalue weighted by Crippen LogP contribution is 2.22. The largest absolute Gasteiger partial charge is 0.466 e. The van der Waals surface area contributed by atoms with Gasteiger partial charge in [0.25, 0.3) is 5.91 Å². The molecule has 0 aromatic rings. The van der Waals surface area contributed by atoms with E-state index in [1.54, 1.807) is 0 Å². The second kappa shape index (κ2) is 4.21. The van der Waals surface area contributed by atoms with Gasteiger partial charge in [0, 0.05) is 13.0 Å². The van der Waals surface area contributed by atoms with E-state index >= 15 is 0 Å². The molecule has 4 nitrogen and oxygen atoms in total. The second-order valence-corrected chi connectivity index (χ2v) is 4.33. The van der Waals surface area contributed by atoms with Crippen LogP contribution in [-0.2, 0) is 9.53 Å². The lowest BCUT2D eigenvalue weighted by molar-refractivity contribution is -0.128. The average Bonchev–Trinajstić information content (AvgIpc) is 2.90. The van der Waals surface area contributed by atoms with Crippen molar-refractivity contribution in [1.29, 1.82) is 0 Å². The van der Waals surface area contributed by atoms with Crippen molar-refractivity contribution in [2.45, 2.75) is 57.7 Å². The van der Waals surface area contributed by atoms with Crippen LogP contribution in [0.3, 0.4) is 0 Å². The fourth-order valence-electron chi connectivity index (χ4n) is 1.84. The molecule has 1 fully saturated rings. The molecule has 1 aliphatic carbocycles. The molecule has 0 bridgehead atoms. The molecule has 1 N–H and O–H groups in total. The van der Waals surface area contributed by atoms with E-state index in [1.807, 2.05) is 6.92 Å². The average molecular weight is 210 g/mol. The van der Waals surface area contributed by atoms with Crippen LogP contribution in [0.2, 0.25) is 0 Å². The molecule has 2 aliphatic rings. The topological polar surface area (TPSA) is 50.7 Å². The second-order valence-electron chi connectivity index (χ2n) is 4.33. The minimum Gasteiger partial charge on any atom is -0.466 e. The summed E-state index contributed by atoms with van der Waals surface area (Å²) in [5.41, 5.74) is 0. The van der Waals surface area contributed by atoms with Gasteiger partial charge in [-0.25, -0.2) is 4.99 Å². The van der Waals surface area contributed by atoms with Gasteiger partial charge in [0.15, 0.2) is 5.90 Å². The monoisotopic (exact) mass is 210 g/mol. The van der Waals surface area contributed by atoms with Crippen LogP contribution in [0, 0.1) is 0 Å². The highest BCUT2D eigenvalue weighted by Gasteiger charge is 2.37. The molecule has 1 amide bonds. The lowest BCUT2D eigenvalue weighted by atomic mass is 10.1. The van der Waals surface area contributed by atoms with Crippen molar-refractivity contribution in [3.63, 3.8) is 0 Å². The van der Waals surface area contributed by atoms with Crippen LogP contribution >= 0.6 is 0 Å². The number of carbonyl (C=O) groups excluding carboxylic acids is 1. The Morgan fingerprint density at radius 3 is 2.93 bits per heavy atom. The molecule has 0 unspecified atom stereocenters. The molecule has 2 atom stereocenters. The van der Waals surface area contributed by atoms with Gasteiger partial charge in [0.2, 0.25) is 6.10 Å². The van der Waals surface area contributed by atoms with Gasteiger partial charge in [-0.3, -0.25) is 4.79 Å². The Bertz CT molecular complexity index is 284. The Kier molecular flexibility index (Phi) is 2.93. The van der Waals surface area contributed by atoms with Gasteiger partial charge < -0.3 is 10.1 Å². The first kappa shape index (κ1) is 10.5. The number of hydrogen-bond donors (Lipinski definition) is 1. The molecule has 4 heteroatoms. The summed E-state index contributed by atoms with van der Waals surface area (Å²) in [5.74, 6) is 0.654. The molecule has 0 aromatic carbocycles. The normalized spacial score (nSPS) is 29.6. The van der Waals surface area contributed by atoms with E-state index in [9.17, 15) is 4.79 Å². The van der Waals surface area contributed by atoms with Crippen molar-refractivity contribution >= 4 is 11.8 Å². The fraction of sp³-hybridized carbons (Fsp3) is 0.818. The minimum atomic E-state index is -0.384. The molecule has 0 saturated heterocycles. The van der Waals surface area contributed by atoms with Gasteiger partial charge in [-0.05, 0) is 19.3 Å². The third-order valence-electron chi connectivity index (χ3n) is 2.76. The highest BCUT2D eigenvalue weighted by molar-refractivity contribution is 5.88. The molecule has 2 rings (SSSR count). The van der Waals surface area contributed by atoms with Crippen LogP contribution in [0.4, 0.5) is 0 Å². The molecule has 1 heterocycles. The third-order valence-corrected chi connectivity index (χ3v) is 2.76. The van der Waals surface area contributed by atoms with Crippen LogP contribution in [-0.4, -0.2) is 30.0 Å². The number of carbonyl (C=O) groups is 1. The van der Waals surface area contributed by atoms with E-state index in [-0.39, 0.29) is 18.1 Å². The first-order valence-corrected chi connectivity index (χ1v) is 5.72. The van der Waals surface area contributed by atoms with Gasteiger partial charge >= 0.3 is 0 Å². The third kappa shape index (κ3) is 2.49. The molecule has 1 saturated carbocycles. The van der Waals surface area contributed by atoms with Gasteiger partial charge in [-0.2, -0.15) is 0 Å². The maximum atomic E-state index is 11.8. The Morgan fingerprint density at radius 2 is 2.33 bits per heavy atom. The van der Waals surface area contributed by atoms with Crippen molar-refractivity contribution in [2.75, 3.05) is 0 Å². The first-order valence-electron chi connectivity index (χ1n) is 5.72. The van der Waals surface area contributed by atoms with E-state index < -0.39 is 0 Å². The van der Waals surface area contributed by atoms with Crippen molar-refractivity contribution < 1.29 is 9.53 Å². The number of amides is 1. The van der Waals surface area contributed by atoms with Crippen molar-refractivity contribution in [3.05, 3.63) is 0 Å². The summed E-state index contributed by atoms with van der Waals surface area (Å²) >= 11 is 0. The molecule has 84 valence electrons. The van der Waals surface area contributed by atoms with Gasteiger partial charge in [0.05, 0.1) is 6.04 Å². The van der Waals surface area contributed by atoms with Crippen molar-refractivity contribution in [2.24, 2.45) is 4.99 Å². The zero-order valence-corrected chi connectivity index (χ0v) is 9.32. The van der Waals surface area contributed by atoms with Gasteiger partial charge in [-0.1, -0.05) is 13.3 Å². The predicted octanol–water partition coefficient (Wildman–Crippen LogP) is 1.25. The summed E-state index contributed by atoms with van der Waals surface area (Å²) in [6.07, 6.45) is 3.77. The quantitative estimate of drug-likeness (QED) is 0.759. The van der Waals surface area contributed by atoms with Crippen LogP contribution in [0.5, 0.6) is 0 Å². The SMILES string of the molecule is CCC[C@@H]1N=C(C)O[C@@H]1C(=O)NC1CC1. The zero-order valence-electron chi connectivity index (χ0n) is 9.32. The van der Waals surface area contributed by atoms with Crippen LogP contribution in [0.1, 0.15) is 39.5 Å². The van der Waals surface area contributed by atoms with E-state index in [2.05, 4.69) is 17.2 Å². The fourth-order valence-corrected chi connectivity index (χ4v) is 1.84. The Morgan fingerprint density at radius 1 is 1.60 bits per heavy atom. The van der Waals surface area contributed by atoms with Crippen LogP contribution in [0.25, 0.3) is 0 Å². The Hall–Kier alpha value is -1.06. The van der Waals surface area contributed by atoms with E-state index in [1.165, 1.54) is 0 Å². The van der Waals surface area contributed by atoms with Crippen molar-refractivity contribution in [1.82, 2.24) is 5.32 Å². The van der Waals surface area contributed by atoms with E-state index in [0.717, 1.165) is 25.7 Å². The summed E-state index contributed by atoms with van der Waals surface area (Å²) < 4.78 is 5.45. The highest BCUT2D eigenvalue weighted by atomic mass is 16.5. The molecule has 0 radical (unpaired) electrons. The Labute approximate surface area is 90.1 Å². The smallest absolute Gasteiger partial charge is 0.263 e. The summed E-state index contributed by atoms with van der Waals surface area (Å²) in [6.45, 7) is 3.91. The molecule has 0 spiro atoms. The number of nitrogens with zero attached hydrogens (tertiary/aromatic N) is 1. The molecule has 1 aliphatic heterocycles. The maximum Gasteiger partial charge on any atom is 0.263 e. The zero-order chi connectivity index (χ0) is 10.8. The number of rotatable bonds is 4.